The summed E-state index contributed by atoms with van der Waals surface area (Å²) in [6.45, 7) is 0. The minimum Gasteiger partial charge on any atom is -0.480 e. The Morgan fingerprint density at radius 3 is 2.16 bits per heavy atom. The summed E-state index contributed by atoms with van der Waals surface area (Å²) in [7, 11) is -1.63. The van der Waals surface area contributed by atoms with Crippen LogP contribution in [0.3, 0.4) is 0 Å². The highest BCUT2D eigenvalue weighted by molar-refractivity contribution is 9.10. The van der Waals surface area contributed by atoms with E-state index in [1.807, 2.05) is 0 Å². The van der Waals surface area contributed by atoms with Gasteiger partial charge in [0.2, 0.25) is 0 Å². The first-order valence-electron chi connectivity index (χ1n) is 5.53. The Morgan fingerprint density at radius 2 is 1.63 bits per heavy atom. The molecule has 0 aliphatic heterocycles. The Balaban J connectivity index is 2.38. The lowest BCUT2D eigenvalue weighted by molar-refractivity contribution is -0.136. The molecule has 2 rings (SSSR count). The van der Waals surface area contributed by atoms with Gasteiger partial charge in [0.15, 0.2) is 5.25 Å². The summed E-state index contributed by atoms with van der Waals surface area (Å²) < 4.78 is 13.3. The maximum atomic E-state index is 12.4. The largest absolute Gasteiger partial charge is 0.480 e. The van der Waals surface area contributed by atoms with Crippen LogP contribution in [-0.4, -0.2) is 15.3 Å². The van der Waals surface area contributed by atoms with E-state index in [0.717, 1.165) is 4.47 Å². The van der Waals surface area contributed by atoms with Crippen LogP contribution in [0.4, 0.5) is 0 Å². The summed E-state index contributed by atoms with van der Waals surface area (Å²) in [4.78, 5) is 11.9. The van der Waals surface area contributed by atoms with Gasteiger partial charge in [-0.25, -0.2) is 0 Å². The second kappa shape index (κ2) is 6.12. The predicted molar refractivity (Wildman–Crippen MR) is 77.4 cm³/mol. The summed E-state index contributed by atoms with van der Waals surface area (Å²) in [5.74, 6) is -1.09. The average molecular weight is 339 g/mol. The lowest BCUT2D eigenvalue weighted by atomic mass is 10.1. The first-order valence-corrected chi connectivity index (χ1v) is 7.54. The van der Waals surface area contributed by atoms with Crippen LogP contribution < -0.4 is 0 Å². The maximum absolute atomic E-state index is 12.4. The molecule has 0 aromatic heterocycles. The summed E-state index contributed by atoms with van der Waals surface area (Å²) in [5, 5.41) is 8.26. The molecule has 2 atom stereocenters. The molecule has 2 aromatic carbocycles. The van der Waals surface area contributed by atoms with Crippen molar-refractivity contribution in [3.8, 4) is 0 Å². The van der Waals surface area contributed by atoms with Gasteiger partial charge in [-0.1, -0.05) is 46.3 Å². The van der Waals surface area contributed by atoms with Gasteiger partial charge in [-0.15, -0.1) is 0 Å². The third kappa shape index (κ3) is 3.30. The van der Waals surface area contributed by atoms with Gasteiger partial charge in [0, 0.05) is 9.37 Å². The Morgan fingerprint density at radius 1 is 1.05 bits per heavy atom. The molecule has 19 heavy (non-hydrogen) atoms. The molecule has 0 radical (unpaired) electrons. The van der Waals surface area contributed by atoms with Crippen LogP contribution in [0.15, 0.2) is 64.0 Å². The van der Waals surface area contributed by atoms with E-state index in [4.69, 9.17) is 0 Å². The van der Waals surface area contributed by atoms with Crippen molar-refractivity contribution in [2.45, 2.75) is 10.1 Å². The zero-order chi connectivity index (χ0) is 13.8. The molecule has 0 saturated heterocycles. The molecule has 2 aromatic rings. The lowest BCUT2D eigenvalue weighted by Crippen LogP contribution is -2.17. The Bertz CT molecular complexity index is 596. The van der Waals surface area contributed by atoms with Gasteiger partial charge in [0.05, 0.1) is 10.8 Å². The lowest BCUT2D eigenvalue weighted by Gasteiger charge is -2.12. The number of carboxylic acid groups (broad SMARTS) is 1. The minimum atomic E-state index is -1.63. The number of carboxylic acids is 1. The van der Waals surface area contributed by atoms with Crippen molar-refractivity contribution < 1.29 is 14.1 Å². The van der Waals surface area contributed by atoms with Gasteiger partial charge >= 0.3 is 5.97 Å². The van der Waals surface area contributed by atoms with Gasteiger partial charge in [-0.05, 0) is 29.8 Å². The number of carbonyl (C=O) groups is 1. The molecule has 0 aliphatic rings. The highest BCUT2D eigenvalue weighted by atomic mass is 79.9. The van der Waals surface area contributed by atoms with Crippen molar-refractivity contribution in [2.75, 3.05) is 0 Å². The van der Waals surface area contributed by atoms with Crippen molar-refractivity contribution in [1.29, 1.82) is 0 Å². The molecule has 0 saturated carbocycles. The van der Waals surface area contributed by atoms with Crippen LogP contribution in [0.5, 0.6) is 0 Å². The molecule has 1 N–H and O–H groups in total. The van der Waals surface area contributed by atoms with Crippen LogP contribution in [0.25, 0.3) is 0 Å². The number of benzene rings is 2. The zero-order valence-electron chi connectivity index (χ0n) is 9.82. The topological polar surface area (TPSA) is 54.4 Å². The van der Waals surface area contributed by atoms with E-state index < -0.39 is 22.0 Å². The van der Waals surface area contributed by atoms with E-state index in [2.05, 4.69) is 15.9 Å². The van der Waals surface area contributed by atoms with E-state index in [1.165, 1.54) is 0 Å². The summed E-state index contributed by atoms with van der Waals surface area (Å²) in [5.41, 5.74) is 0.538. The van der Waals surface area contributed by atoms with E-state index >= 15 is 0 Å². The highest BCUT2D eigenvalue weighted by Gasteiger charge is 2.27. The van der Waals surface area contributed by atoms with Crippen molar-refractivity contribution in [3.05, 3.63) is 64.6 Å². The van der Waals surface area contributed by atoms with Crippen molar-refractivity contribution in [1.82, 2.24) is 0 Å². The maximum Gasteiger partial charge on any atom is 0.324 e. The fourth-order valence-corrected chi connectivity index (χ4v) is 3.22. The number of hydrogen-bond acceptors (Lipinski definition) is 2. The van der Waals surface area contributed by atoms with E-state index in [-0.39, 0.29) is 0 Å². The molecule has 0 heterocycles. The van der Waals surface area contributed by atoms with E-state index in [1.54, 1.807) is 54.6 Å². The fourth-order valence-electron chi connectivity index (χ4n) is 1.69. The number of rotatable bonds is 4. The van der Waals surface area contributed by atoms with E-state index in [9.17, 15) is 14.1 Å². The number of halogens is 1. The Kier molecular flexibility index (Phi) is 4.50. The molecule has 0 fully saturated rings. The molecule has 98 valence electrons. The number of aliphatic carboxylic acids is 1. The van der Waals surface area contributed by atoms with Crippen molar-refractivity contribution in [2.24, 2.45) is 0 Å². The quantitative estimate of drug-likeness (QED) is 0.929. The Labute approximate surface area is 121 Å². The fraction of sp³-hybridized carbons (Fsp3) is 0.0714. The molecule has 0 amide bonds. The van der Waals surface area contributed by atoms with Crippen LogP contribution in [0.2, 0.25) is 0 Å². The standard InChI is InChI=1S/C14H11BrO3S/c15-11-6-8-12(9-7-11)19(18)13(14(16)17)10-4-2-1-3-5-10/h1-9,13H,(H,16,17). The monoisotopic (exact) mass is 338 g/mol. The summed E-state index contributed by atoms with van der Waals surface area (Å²) in [6, 6.07) is 15.5. The molecule has 5 heteroatoms. The van der Waals surface area contributed by atoms with Gasteiger partial charge < -0.3 is 5.11 Å². The van der Waals surface area contributed by atoms with E-state index in [0.29, 0.717) is 10.5 Å². The third-order valence-electron chi connectivity index (χ3n) is 2.59. The van der Waals surface area contributed by atoms with Gasteiger partial charge in [-0.3, -0.25) is 9.00 Å². The first kappa shape index (κ1) is 14.0. The third-order valence-corrected chi connectivity index (χ3v) is 4.75. The second-order valence-electron chi connectivity index (χ2n) is 3.88. The van der Waals surface area contributed by atoms with Gasteiger partial charge in [0.1, 0.15) is 0 Å². The normalized spacial score (nSPS) is 13.7. The summed E-state index contributed by atoms with van der Waals surface area (Å²) >= 11 is 3.29. The van der Waals surface area contributed by atoms with Gasteiger partial charge in [0.25, 0.3) is 0 Å². The molecule has 3 nitrogen and oxygen atoms in total. The zero-order valence-corrected chi connectivity index (χ0v) is 12.2. The second-order valence-corrected chi connectivity index (χ2v) is 6.33. The molecule has 2 unspecified atom stereocenters. The Hall–Kier alpha value is -1.46. The number of hydrogen-bond donors (Lipinski definition) is 1. The van der Waals surface area contributed by atoms with Crippen LogP contribution in [0, 0.1) is 0 Å². The predicted octanol–water partition coefficient (Wildman–Crippen LogP) is 3.38. The van der Waals surface area contributed by atoms with Gasteiger partial charge in [-0.2, -0.15) is 0 Å². The molecular formula is C14H11BrO3S. The smallest absolute Gasteiger partial charge is 0.324 e. The minimum absolute atomic E-state index is 0.499. The first-order chi connectivity index (χ1) is 9.09. The van der Waals surface area contributed by atoms with Crippen LogP contribution >= 0.6 is 15.9 Å². The summed E-state index contributed by atoms with van der Waals surface area (Å²) in [6.07, 6.45) is 0. The SMILES string of the molecule is O=C(O)C(c1ccccc1)S(=O)c1ccc(Br)cc1. The van der Waals surface area contributed by atoms with Crippen LogP contribution in [-0.2, 0) is 15.6 Å². The molecule has 0 bridgehead atoms. The molecular weight excluding hydrogens is 328 g/mol. The highest BCUT2D eigenvalue weighted by Crippen LogP contribution is 2.26. The van der Waals surface area contributed by atoms with Crippen LogP contribution in [0.1, 0.15) is 10.8 Å². The molecule has 0 spiro atoms. The molecule has 0 aliphatic carbocycles. The average Bonchev–Trinajstić information content (AvgIpc) is 2.40. The van der Waals surface area contributed by atoms with Crippen molar-refractivity contribution in [3.63, 3.8) is 0 Å². The van der Waals surface area contributed by atoms with Crippen molar-refractivity contribution >= 4 is 32.7 Å².